The molecule has 0 radical (unpaired) electrons. The van der Waals surface area contributed by atoms with Crippen molar-refractivity contribution in [3.63, 3.8) is 0 Å². The van der Waals surface area contributed by atoms with Gasteiger partial charge in [-0.05, 0) is 19.3 Å². The van der Waals surface area contributed by atoms with E-state index in [0.29, 0.717) is 19.3 Å². The molecule has 0 spiro atoms. The molecule has 2 saturated heterocycles. The highest BCUT2D eigenvalue weighted by molar-refractivity contribution is 5.75. The minimum Gasteiger partial charge on any atom is -0.381 e. The summed E-state index contributed by atoms with van der Waals surface area (Å²) >= 11 is 0. The molecule has 0 saturated carbocycles. The quantitative estimate of drug-likeness (QED) is 0.689. The fourth-order valence-corrected chi connectivity index (χ4v) is 2.43. The maximum Gasteiger partial charge on any atom is 0.243 e. The van der Waals surface area contributed by atoms with Crippen LogP contribution < -0.4 is 11.1 Å². The number of carbonyl (C=O) groups excluding carboxylic acids is 1. The summed E-state index contributed by atoms with van der Waals surface area (Å²) in [6.45, 7) is 2.89. The van der Waals surface area contributed by atoms with Gasteiger partial charge in [-0.1, -0.05) is 0 Å². The summed E-state index contributed by atoms with van der Waals surface area (Å²) in [4.78, 5) is 10.8. The van der Waals surface area contributed by atoms with Gasteiger partial charge < -0.3 is 25.3 Å². The minimum absolute atomic E-state index is 0.00842. The van der Waals surface area contributed by atoms with Crippen LogP contribution in [0.5, 0.6) is 0 Å². The van der Waals surface area contributed by atoms with Gasteiger partial charge in [0.05, 0.1) is 18.8 Å². The van der Waals surface area contributed by atoms with Gasteiger partial charge in [-0.2, -0.15) is 0 Å². The molecule has 2 heterocycles. The maximum absolute atomic E-state index is 10.8. The molecule has 1 amide bonds. The molecule has 3 N–H and O–H groups in total. The number of hydrogen-bond donors (Lipinski definition) is 2. The van der Waals surface area contributed by atoms with E-state index in [1.165, 1.54) is 0 Å². The first-order valence-corrected chi connectivity index (χ1v) is 6.57. The van der Waals surface area contributed by atoms with E-state index in [1.807, 2.05) is 0 Å². The molecule has 0 aromatic rings. The highest BCUT2D eigenvalue weighted by Gasteiger charge is 2.29. The highest BCUT2D eigenvalue weighted by Crippen LogP contribution is 2.15. The SMILES string of the molecule is NC(=O)CO[C@@H]1CCOC[C@@H]1NC1CCOCC1. The zero-order valence-corrected chi connectivity index (χ0v) is 10.6. The number of rotatable bonds is 5. The van der Waals surface area contributed by atoms with Crippen LogP contribution in [-0.4, -0.2) is 57.1 Å². The lowest BCUT2D eigenvalue weighted by atomic mass is 10.0. The van der Waals surface area contributed by atoms with Crippen LogP contribution in [0.25, 0.3) is 0 Å². The van der Waals surface area contributed by atoms with Gasteiger partial charge in [-0.15, -0.1) is 0 Å². The summed E-state index contributed by atoms with van der Waals surface area (Å²) in [5.41, 5.74) is 5.11. The average molecular weight is 258 g/mol. The Morgan fingerprint density at radius 1 is 1.22 bits per heavy atom. The van der Waals surface area contributed by atoms with Crippen molar-refractivity contribution in [2.24, 2.45) is 5.73 Å². The Bertz CT molecular complexity index is 269. The Labute approximate surface area is 107 Å². The Hall–Kier alpha value is -0.690. The summed E-state index contributed by atoms with van der Waals surface area (Å²) in [5.74, 6) is -0.425. The molecule has 0 unspecified atom stereocenters. The van der Waals surface area contributed by atoms with Crippen LogP contribution in [0.1, 0.15) is 19.3 Å². The van der Waals surface area contributed by atoms with Crippen molar-refractivity contribution < 1.29 is 19.0 Å². The lowest BCUT2D eigenvalue weighted by Crippen LogP contribution is -2.53. The molecule has 18 heavy (non-hydrogen) atoms. The molecule has 0 aromatic heterocycles. The lowest BCUT2D eigenvalue weighted by molar-refractivity contribution is -0.128. The van der Waals surface area contributed by atoms with Crippen LogP contribution in [0.4, 0.5) is 0 Å². The average Bonchev–Trinajstić information content (AvgIpc) is 2.39. The molecular weight excluding hydrogens is 236 g/mol. The van der Waals surface area contributed by atoms with Gasteiger partial charge in [0, 0.05) is 25.9 Å². The zero-order chi connectivity index (χ0) is 12.8. The van der Waals surface area contributed by atoms with Crippen molar-refractivity contribution in [1.29, 1.82) is 0 Å². The summed E-state index contributed by atoms with van der Waals surface area (Å²) < 4.78 is 16.4. The molecule has 0 bridgehead atoms. The molecule has 2 aliphatic rings. The van der Waals surface area contributed by atoms with Crippen molar-refractivity contribution in [1.82, 2.24) is 5.32 Å². The number of primary amides is 1. The first-order valence-electron chi connectivity index (χ1n) is 6.57. The summed E-state index contributed by atoms with van der Waals surface area (Å²) in [7, 11) is 0. The van der Waals surface area contributed by atoms with Gasteiger partial charge in [-0.25, -0.2) is 0 Å². The molecule has 0 aliphatic carbocycles. The second-order valence-corrected chi connectivity index (χ2v) is 4.84. The first-order chi connectivity index (χ1) is 8.75. The standard InChI is InChI=1S/C12H22N2O4/c13-12(15)8-18-11-3-6-17-7-10(11)14-9-1-4-16-5-2-9/h9-11,14H,1-8H2,(H2,13,15)/t10-,11+/m0/s1. The van der Waals surface area contributed by atoms with Gasteiger partial charge in [0.15, 0.2) is 0 Å². The topological polar surface area (TPSA) is 82.8 Å². The summed E-state index contributed by atoms with van der Waals surface area (Å²) in [6, 6.07) is 0.589. The number of hydrogen-bond acceptors (Lipinski definition) is 5. The molecule has 2 fully saturated rings. The number of amides is 1. The first kappa shape index (κ1) is 13.7. The monoisotopic (exact) mass is 258 g/mol. The highest BCUT2D eigenvalue weighted by atomic mass is 16.5. The Balaban J connectivity index is 1.80. The third-order valence-corrected chi connectivity index (χ3v) is 3.40. The van der Waals surface area contributed by atoms with Crippen molar-refractivity contribution >= 4 is 5.91 Å². The second kappa shape index (κ2) is 7.04. The summed E-state index contributed by atoms with van der Waals surface area (Å²) in [5, 5.41) is 3.55. The predicted molar refractivity (Wildman–Crippen MR) is 65.1 cm³/mol. The van der Waals surface area contributed by atoms with E-state index in [9.17, 15) is 4.79 Å². The second-order valence-electron chi connectivity index (χ2n) is 4.84. The van der Waals surface area contributed by atoms with E-state index < -0.39 is 5.91 Å². The normalized spacial score (nSPS) is 30.2. The molecule has 2 aliphatic heterocycles. The third kappa shape index (κ3) is 4.20. The Morgan fingerprint density at radius 3 is 2.67 bits per heavy atom. The van der Waals surface area contributed by atoms with Gasteiger partial charge in [0.1, 0.15) is 6.61 Å². The molecular formula is C12H22N2O4. The van der Waals surface area contributed by atoms with Gasteiger partial charge in [0.2, 0.25) is 5.91 Å². The molecule has 6 nitrogen and oxygen atoms in total. The fraction of sp³-hybridized carbons (Fsp3) is 0.917. The largest absolute Gasteiger partial charge is 0.381 e. The van der Waals surface area contributed by atoms with Crippen molar-refractivity contribution in [2.75, 3.05) is 33.0 Å². The minimum atomic E-state index is -0.425. The van der Waals surface area contributed by atoms with Crippen LogP contribution in [-0.2, 0) is 19.0 Å². The van der Waals surface area contributed by atoms with Gasteiger partial charge >= 0.3 is 0 Å². The predicted octanol–water partition coefficient (Wildman–Crippen LogP) is -0.586. The van der Waals surface area contributed by atoms with Crippen LogP contribution in [0.15, 0.2) is 0 Å². The number of ether oxygens (including phenoxy) is 3. The van der Waals surface area contributed by atoms with E-state index in [2.05, 4.69) is 5.32 Å². The van der Waals surface area contributed by atoms with Crippen LogP contribution in [0.2, 0.25) is 0 Å². The van der Waals surface area contributed by atoms with E-state index in [4.69, 9.17) is 19.9 Å². The molecule has 6 heteroatoms. The van der Waals surface area contributed by atoms with E-state index in [0.717, 1.165) is 32.5 Å². The lowest BCUT2D eigenvalue weighted by Gasteiger charge is -2.35. The van der Waals surface area contributed by atoms with Crippen molar-refractivity contribution in [2.45, 2.75) is 37.5 Å². The fourth-order valence-electron chi connectivity index (χ4n) is 2.43. The van der Waals surface area contributed by atoms with Crippen molar-refractivity contribution in [3.8, 4) is 0 Å². The van der Waals surface area contributed by atoms with E-state index >= 15 is 0 Å². The molecule has 2 atom stereocenters. The molecule has 0 aromatic carbocycles. The zero-order valence-electron chi connectivity index (χ0n) is 10.6. The van der Waals surface area contributed by atoms with Gasteiger partial charge in [-0.3, -0.25) is 4.79 Å². The number of carbonyl (C=O) groups is 1. The third-order valence-electron chi connectivity index (χ3n) is 3.40. The maximum atomic E-state index is 10.8. The Kier molecular flexibility index (Phi) is 5.37. The molecule has 104 valence electrons. The van der Waals surface area contributed by atoms with Crippen LogP contribution in [0, 0.1) is 0 Å². The van der Waals surface area contributed by atoms with Gasteiger partial charge in [0.25, 0.3) is 0 Å². The molecule has 2 rings (SSSR count). The summed E-state index contributed by atoms with van der Waals surface area (Å²) in [6.07, 6.45) is 2.83. The van der Waals surface area contributed by atoms with E-state index in [1.54, 1.807) is 0 Å². The number of nitrogens with one attached hydrogen (secondary N) is 1. The number of nitrogens with two attached hydrogens (primary N) is 1. The van der Waals surface area contributed by atoms with Crippen LogP contribution in [0.3, 0.4) is 0 Å². The smallest absolute Gasteiger partial charge is 0.243 e. The van der Waals surface area contributed by atoms with E-state index in [-0.39, 0.29) is 18.8 Å². The Morgan fingerprint density at radius 2 is 1.94 bits per heavy atom. The van der Waals surface area contributed by atoms with Crippen molar-refractivity contribution in [3.05, 3.63) is 0 Å². The van der Waals surface area contributed by atoms with Crippen LogP contribution >= 0.6 is 0 Å².